The zero-order valence-corrected chi connectivity index (χ0v) is 36.6. The summed E-state index contributed by atoms with van der Waals surface area (Å²) in [5.41, 5.74) is 6.92. The van der Waals surface area contributed by atoms with Gasteiger partial charge in [-0.25, -0.2) is 19.6 Å². The Morgan fingerprint density at radius 1 is 0.700 bits per heavy atom. The van der Waals surface area contributed by atoms with Crippen LogP contribution in [0.15, 0.2) is 54.6 Å². The highest BCUT2D eigenvalue weighted by Gasteiger charge is 2.42. The number of methoxy groups -OCH3 is 2. The summed E-state index contributed by atoms with van der Waals surface area (Å²) in [6, 6.07) is 17.1. The second-order valence-electron chi connectivity index (χ2n) is 17.1. The van der Waals surface area contributed by atoms with Crippen molar-refractivity contribution in [2.75, 3.05) is 27.3 Å². The number of hydrogen-bond acceptors (Lipinski definition) is 9. The lowest BCUT2D eigenvalue weighted by Crippen LogP contribution is -2.51. The number of carbonyl (C=O) groups is 4. The molecule has 2 saturated heterocycles. The molecule has 60 heavy (non-hydrogen) atoms. The van der Waals surface area contributed by atoms with Gasteiger partial charge in [0.15, 0.2) is 0 Å². The van der Waals surface area contributed by atoms with E-state index in [0.717, 1.165) is 73.4 Å². The fourth-order valence-electron chi connectivity index (χ4n) is 8.55. The van der Waals surface area contributed by atoms with Gasteiger partial charge in [0.25, 0.3) is 0 Å². The quantitative estimate of drug-likeness (QED) is 0.103. The van der Waals surface area contributed by atoms with Crippen molar-refractivity contribution in [3.8, 4) is 32.8 Å². The smallest absolute Gasteiger partial charge is 0.407 e. The van der Waals surface area contributed by atoms with E-state index in [9.17, 15) is 19.2 Å². The number of nitrogens with one attached hydrogen (secondary N) is 4. The van der Waals surface area contributed by atoms with Gasteiger partial charge in [0, 0.05) is 29.2 Å². The van der Waals surface area contributed by atoms with Crippen molar-refractivity contribution in [1.29, 1.82) is 0 Å². The second kappa shape index (κ2) is 17.5. The number of hydrogen-bond donors (Lipinski definition) is 4. The Hall–Kier alpha value is -5.70. The summed E-state index contributed by atoms with van der Waals surface area (Å²) < 4.78 is 9.58. The number of ether oxygens (including phenoxy) is 2. The maximum absolute atomic E-state index is 13.8. The molecule has 5 aromatic rings. The van der Waals surface area contributed by atoms with Crippen molar-refractivity contribution in [2.24, 2.45) is 23.7 Å². The van der Waals surface area contributed by atoms with E-state index in [1.165, 1.54) is 14.2 Å². The molecule has 4 N–H and O–H groups in total. The van der Waals surface area contributed by atoms with Crippen molar-refractivity contribution in [1.82, 2.24) is 40.4 Å². The van der Waals surface area contributed by atoms with E-state index in [-0.39, 0.29) is 41.7 Å². The Kier molecular flexibility index (Phi) is 12.4. The van der Waals surface area contributed by atoms with Crippen LogP contribution in [-0.2, 0) is 19.1 Å². The molecule has 0 saturated carbocycles. The number of benzene rings is 2. The molecule has 3 aromatic heterocycles. The van der Waals surface area contributed by atoms with Crippen molar-refractivity contribution < 1.29 is 28.7 Å². The monoisotopic (exact) mass is 836 g/mol. The number of likely N-dealkylation sites (tertiary alicyclic amines) is 2. The molecule has 0 unspecified atom stereocenters. The summed E-state index contributed by atoms with van der Waals surface area (Å²) in [6.07, 6.45) is 0.311. The Morgan fingerprint density at radius 3 is 1.60 bits per heavy atom. The summed E-state index contributed by atoms with van der Waals surface area (Å²) in [6.45, 7) is 15.1. The van der Waals surface area contributed by atoms with Crippen molar-refractivity contribution in [3.05, 3.63) is 71.9 Å². The maximum Gasteiger partial charge on any atom is 0.407 e. The zero-order chi connectivity index (χ0) is 43.0. The van der Waals surface area contributed by atoms with E-state index in [1.807, 2.05) is 44.4 Å². The van der Waals surface area contributed by atoms with Crippen LogP contribution in [0.4, 0.5) is 9.59 Å². The number of imidazole rings is 2. The van der Waals surface area contributed by atoms with Crippen LogP contribution in [0.2, 0.25) is 0 Å². The van der Waals surface area contributed by atoms with E-state index >= 15 is 0 Å². The zero-order valence-electron chi connectivity index (χ0n) is 35.8. The number of carbonyl (C=O) groups excluding carboxylic acids is 4. The average molecular weight is 837 g/mol. The van der Waals surface area contributed by atoms with Gasteiger partial charge < -0.3 is 39.9 Å². The van der Waals surface area contributed by atoms with Crippen LogP contribution >= 0.6 is 11.3 Å². The van der Waals surface area contributed by atoms with Gasteiger partial charge in [0.05, 0.1) is 37.5 Å². The molecule has 2 aromatic carbocycles. The highest BCUT2D eigenvalue weighted by Crippen LogP contribution is 2.40. The fourth-order valence-corrected chi connectivity index (χ4v) is 9.56. The predicted octanol–water partition coefficient (Wildman–Crippen LogP) is 8.24. The van der Waals surface area contributed by atoms with E-state index in [1.54, 1.807) is 11.3 Å². The van der Waals surface area contributed by atoms with E-state index in [0.29, 0.717) is 19.0 Å². The minimum atomic E-state index is -0.700. The molecule has 0 radical (unpaired) electrons. The molecule has 0 aliphatic carbocycles. The largest absolute Gasteiger partial charge is 0.453 e. The topological polar surface area (TPSA) is 175 Å². The van der Waals surface area contributed by atoms with Gasteiger partial charge in [-0.2, -0.15) is 0 Å². The molecule has 5 heterocycles. The van der Waals surface area contributed by atoms with Crippen molar-refractivity contribution >= 4 is 45.7 Å². The SMILES string of the molecule is COC(=O)N[C@H](C(=O)N1C[C@@H](C)C[C@@H]1c1nc(-c2ccc(-c3ccc(-c4cc5[nH]c([C@@H]6C[C@H](C)CN6C(=O)[C@@H](NC(=O)OC)C(C)C)nc5s4)cc3)cc2)c(C)[nH]1)C(C)C. The third-order valence-electron chi connectivity index (χ3n) is 11.8. The number of thiophene rings is 1. The first kappa shape index (κ1) is 42.4. The summed E-state index contributed by atoms with van der Waals surface area (Å²) in [7, 11) is 2.59. The van der Waals surface area contributed by atoms with Crippen LogP contribution < -0.4 is 10.6 Å². The molecule has 2 aliphatic heterocycles. The molecule has 0 bridgehead atoms. The van der Waals surface area contributed by atoms with Crippen LogP contribution in [0.3, 0.4) is 0 Å². The van der Waals surface area contributed by atoms with Crippen LogP contribution in [-0.4, -0.2) is 93.1 Å². The Labute approximate surface area is 354 Å². The Morgan fingerprint density at radius 2 is 1.15 bits per heavy atom. The summed E-state index contributed by atoms with van der Waals surface area (Å²) in [5, 5.41) is 5.45. The number of alkyl carbamates (subject to hydrolysis) is 2. The summed E-state index contributed by atoms with van der Waals surface area (Å²) >= 11 is 1.61. The number of H-pyrrole nitrogens is 2. The first-order valence-corrected chi connectivity index (χ1v) is 21.5. The standard InChI is InChI=1S/C45H56N8O6S/c1-23(2)36(49-44(56)58-8)42(54)52-21-25(5)18-33(52)39-46-27(7)38(48-39)31-16-12-29(13-17-31)28-10-14-30(15-11-28)35-20-32-41(60-35)51-40(47-32)34-19-26(6)22-53(34)43(55)37(24(3)4)50-45(57)59-9/h10-17,20,23-26,33-34,36-37H,18-19,21-22H2,1-9H3,(H,46,48)(H,47,51)(H,49,56)(H,50,57)/t25-,26-,33+,34-,36-,37-/m0/s1. The third-order valence-corrected chi connectivity index (χ3v) is 12.8. The van der Waals surface area contributed by atoms with Gasteiger partial charge in [-0.1, -0.05) is 90.1 Å². The lowest BCUT2D eigenvalue weighted by Gasteiger charge is -2.30. The molecule has 15 heteroatoms. The average Bonchev–Trinajstić information content (AvgIpc) is 4.07. The van der Waals surface area contributed by atoms with Crippen LogP contribution in [0.25, 0.3) is 43.2 Å². The molecule has 2 fully saturated rings. The van der Waals surface area contributed by atoms with Gasteiger partial charge in [-0.15, -0.1) is 11.3 Å². The third kappa shape index (κ3) is 8.63. The molecule has 318 valence electrons. The second-order valence-corrected chi connectivity index (χ2v) is 18.1. The van der Waals surface area contributed by atoms with Gasteiger partial charge >= 0.3 is 12.2 Å². The van der Waals surface area contributed by atoms with Gasteiger partial charge in [-0.05, 0) is 66.2 Å². The maximum atomic E-state index is 13.8. The first-order chi connectivity index (χ1) is 28.6. The lowest BCUT2D eigenvalue weighted by molar-refractivity contribution is -0.136. The van der Waals surface area contributed by atoms with E-state index in [4.69, 9.17) is 19.4 Å². The molecule has 0 spiro atoms. The summed E-state index contributed by atoms with van der Waals surface area (Å²) in [4.78, 5) is 74.2. The highest BCUT2D eigenvalue weighted by molar-refractivity contribution is 7.21. The molecule has 6 atom stereocenters. The Bertz CT molecular complexity index is 2320. The highest BCUT2D eigenvalue weighted by atomic mass is 32.1. The normalized spacial score (nSPS) is 20.2. The van der Waals surface area contributed by atoms with Gasteiger partial charge in [-0.3, -0.25) is 9.59 Å². The van der Waals surface area contributed by atoms with E-state index in [2.05, 4.69) is 89.0 Å². The number of aromatic nitrogens is 4. The van der Waals surface area contributed by atoms with Crippen molar-refractivity contribution in [3.63, 3.8) is 0 Å². The number of fused-ring (bicyclic) bond motifs is 1. The minimum Gasteiger partial charge on any atom is -0.453 e. The number of amides is 4. The fraction of sp³-hybridized carbons (Fsp3) is 0.467. The molecule has 7 rings (SSSR count). The number of aryl methyl sites for hydroxylation is 1. The first-order valence-electron chi connectivity index (χ1n) is 20.7. The summed E-state index contributed by atoms with van der Waals surface area (Å²) in [5.74, 6) is 1.58. The molecule has 2 aliphatic rings. The van der Waals surface area contributed by atoms with Gasteiger partial charge in [0.2, 0.25) is 11.8 Å². The van der Waals surface area contributed by atoms with Crippen LogP contribution in [0, 0.1) is 30.6 Å². The molecular weight excluding hydrogens is 781 g/mol. The van der Waals surface area contributed by atoms with Crippen molar-refractivity contribution in [2.45, 2.75) is 85.5 Å². The van der Waals surface area contributed by atoms with Gasteiger partial charge in [0.1, 0.15) is 28.6 Å². The number of rotatable bonds is 11. The van der Waals surface area contributed by atoms with E-state index < -0.39 is 24.3 Å². The Balaban J connectivity index is 1.03. The number of nitrogens with zero attached hydrogens (tertiary/aromatic N) is 4. The number of aromatic amines is 2. The minimum absolute atomic E-state index is 0.107. The molecule has 4 amide bonds. The van der Waals surface area contributed by atoms with Crippen LogP contribution in [0.5, 0.6) is 0 Å². The lowest BCUT2D eigenvalue weighted by atomic mass is 10.0. The van der Waals surface area contributed by atoms with Crippen LogP contribution in [0.1, 0.15) is 83.8 Å². The molecular formula is C45H56N8O6S. The predicted molar refractivity (Wildman–Crippen MR) is 232 cm³/mol. The molecule has 14 nitrogen and oxygen atoms in total.